The van der Waals surface area contributed by atoms with Gasteiger partial charge in [-0.05, 0) is 77.9 Å². The van der Waals surface area contributed by atoms with E-state index in [0.29, 0.717) is 11.3 Å². The second-order valence-electron chi connectivity index (χ2n) is 8.49. The molecule has 0 aromatic heterocycles. The van der Waals surface area contributed by atoms with Crippen molar-refractivity contribution < 1.29 is 21.9 Å². The fraction of sp³-hybridized carbons (Fsp3) is 0.259. The van der Waals surface area contributed by atoms with Gasteiger partial charge in [0.05, 0.1) is 5.41 Å². The number of carbonyl (C=O) groups is 2. The number of anilines is 1. The highest BCUT2D eigenvalue weighted by molar-refractivity contribution is 6.02. The minimum atomic E-state index is -0.528. The van der Waals surface area contributed by atoms with E-state index < -0.39 is 5.41 Å². The van der Waals surface area contributed by atoms with Gasteiger partial charge in [-0.2, -0.15) is 0 Å². The molecule has 0 saturated heterocycles. The highest BCUT2D eigenvalue weighted by atomic mass is 16.7. The molecule has 1 heterocycles. The molecule has 3 aromatic carbocycles. The van der Waals surface area contributed by atoms with Crippen LogP contribution in [-0.4, -0.2) is 25.7 Å². The molecule has 2 N–H and O–H groups in total. The van der Waals surface area contributed by atoms with Gasteiger partial charge in [-0.3, -0.25) is 9.59 Å². The molecule has 3 aromatic rings. The number of amides is 2. The Kier molecular flexibility index (Phi) is 5.29. The molecule has 0 bridgehead atoms. The van der Waals surface area contributed by atoms with Crippen LogP contribution in [0.2, 0.25) is 0 Å². The molecule has 2 amide bonds. The highest BCUT2D eigenvalue weighted by Crippen LogP contribution is 2.51. The summed E-state index contributed by atoms with van der Waals surface area (Å²) in [6.07, 6.45) is 2.47. The number of aryl methyl sites for hydroxylation is 1. The quantitative estimate of drug-likeness (QED) is 0.548. The molecule has 0 radical (unpaired) electrons. The second kappa shape index (κ2) is 8.28. The van der Waals surface area contributed by atoms with Crippen molar-refractivity contribution >= 4 is 17.5 Å². The van der Waals surface area contributed by atoms with Gasteiger partial charge in [0.1, 0.15) is 0 Å². The summed E-state index contributed by atoms with van der Waals surface area (Å²) in [5.41, 5.74) is 5.04. The normalized spacial score (nSPS) is 15.1. The third kappa shape index (κ3) is 3.82. The number of carbonyl (C=O) groups excluding carboxylic acids is 2. The van der Waals surface area contributed by atoms with E-state index in [2.05, 4.69) is 23.6 Å². The van der Waals surface area contributed by atoms with Crippen LogP contribution in [0.15, 0.2) is 60.7 Å². The molecule has 6 heteroatoms. The topological polar surface area (TPSA) is 76.7 Å². The summed E-state index contributed by atoms with van der Waals surface area (Å²) in [6.45, 7) is 2.32. The van der Waals surface area contributed by atoms with Crippen LogP contribution in [0.4, 0.5) is 5.69 Å². The van der Waals surface area contributed by atoms with Crippen molar-refractivity contribution in [3.05, 3.63) is 77.4 Å². The fourth-order valence-electron chi connectivity index (χ4n) is 4.39. The third-order valence-corrected chi connectivity index (χ3v) is 6.54. The van der Waals surface area contributed by atoms with Crippen molar-refractivity contribution in [2.24, 2.45) is 0 Å². The monoisotopic (exact) mass is 446 g/mol. The Bertz CT molecular complexity index is 1240. The molecule has 1 aliphatic carbocycles. The van der Waals surface area contributed by atoms with Crippen molar-refractivity contribution in [3.63, 3.8) is 0 Å². The first-order valence-corrected chi connectivity index (χ1v) is 11.2. The predicted molar refractivity (Wildman–Crippen MR) is 131 cm³/mol. The summed E-state index contributed by atoms with van der Waals surface area (Å²) < 4.78 is 10.9. The first-order chi connectivity index (χ1) is 16.0. The van der Waals surface area contributed by atoms with Crippen molar-refractivity contribution in [1.29, 1.82) is 0 Å². The lowest BCUT2D eigenvalue weighted by Crippen LogP contribution is -2.27. The van der Waals surface area contributed by atoms with Gasteiger partial charge in [0.15, 0.2) is 11.5 Å². The van der Waals surface area contributed by atoms with Gasteiger partial charge in [0.25, 0.3) is 5.91 Å². The van der Waals surface area contributed by atoms with Crippen molar-refractivity contribution in [2.75, 3.05) is 19.2 Å². The lowest BCUT2D eigenvalue weighted by atomic mass is 9.93. The molecule has 2 aliphatic rings. The van der Waals surface area contributed by atoms with E-state index in [9.17, 15) is 9.59 Å². The van der Waals surface area contributed by atoms with E-state index in [1.807, 2.05) is 54.6 Å². The van der Waals surface area contributed by atoms with Crippen LogP contribution >= 0.6 is 0 Å². The minimum Gasteiger partial charge on any atom is -0.454 e. The lowest BCUT2D eigenvalue weighted by molar-refractivity contribution is -0.118. The van der Waals surface area contributed by atoms with Gasteiger partial charge >= 0.3 is 0 Å². The molecule has 5 rings (SSSR count). The Morgan fingerprint density at radius 3 is 2.42 bits per heavy atom. The number of benzene rings is 3. The van der Waals surface area contributed by atoms with Gasteiger partial charge in [-0.15, -0.1) is 0 Å². The lowest BCUT2D eigenvalue weighted by Gasteiger charge is -2.18. The zero-order valence-electron chi connectivity index (χ0n) is 18.7. The maximum absolute atomic E-state index is 13.3. The molecule has 6 nitrogen and oxygen atoms in total. The maximum atomic E-state index is 13.3. The van der Waals surface area contributed by atoms with E-state index in [0.717, 1.165) is 47.4 Å². The molecule has 1 aliphatic heterocycles. The zero-order chi connectivity index (χ0) is 23.0. The van der Waals surface area contributed by atoms with Gasteiger partial charge in [-0.25, -0.2) is 0 Å². The molecule has 33 heavy (non-hydrogen) atoms. The van der Waals surface area contributed by atoms with E-state index in [1.165, 1.54) is 5.56 Å². The van der Waals surface area contributed by atoms with Gasteiger partial charge < -0.3 is 20.1 Å². The van der Waals surface area contributed by atoms with Crippen LogP contribution in [0.1, 0.15) is 44.1 Å². The van der Waals surface area contributed by atoms with Crippen molar-refractivity contribution in [1.82, 2.24) is 5.32 Å². The Morgan fingerprint density at radius 2 is 1.73 bits per heavy atom. The molecule has 1 fully saturated rings. The Balaban J connectivity index is 0.00000171. The number of hydrogen-bond donors (Lipinski definition) is 2. The van der Waals surface area contributed by atoms with Crippen LogP contribution in [-0.2, 0) is 16.6 Å². The van der Waals surface area contributed by atoms with E-state index in [-0.39, 0.29) is 21.5 Å². The molecule has 0 spiro atoms. The standard InChI is InChI=1S/C27H26N2O4.2H2/c1-3-17-8-10-21(15-22(17)18-4-6-19(7-5-18)25(30)28-2)29-26(31)27(12-13-27)20-9-11-23-24(14-20)33-16-32-23;;/h4-11,14-15H,3,12-13,16H2,1-2H3,(H,28,30)(H,29,31);2*1H. The summed E-state index contributed by atoms with van der Waals surface area (Å²) in [7, 11) is 1.62. The summed E-state index contributed by atoms with van der Waals surface area (Å²) >= 11 is 0. The van der Waals surface area contributed by atoms with Crippen LogP contribution in [0, 0.1) is 0 Å². The summed E-state index contributed by atoms with van der Waals surface area (Å²) in [5, 5.41) is 5.78. The number of rotatable bonds is 6. The van der Waals surface area contributed by atoms with Crippen molar-refractivity contribution in [2.45, 2.75) is 31.6 Å². The minimum absolute atomic E-state index is 0. The number of fused-ring (bicyclic) bond motifs is 1. The Hall–Kier alpha value is -3.80. The number of hydrogen-bond acceptors (Lipinski definition) is 4. The van der Waals surface area contributed by atoms with Gasteiger partial charge in [0.2, 0.25) is 12.7 Å². The maximum Gasteiger partial charge on any atom is 0.251 e. The van der Waals surface area contributed by atoms with E-state index in [1.54, 1.807) is 7.05 Å². The predicted octanol–water partition coefficient (Wildman–Crippen LogP) is 5.17. The third-order valence-electron chi connectivity index (χ3n) is 6.54. The smallest absolute Gasteiger partial charge is 0.251 e. The number of ether oxygens (including phenoxy) is 2. The van der Waals surface area contributed by atoms with Crippen LogP contribution in [0.3, 0.4) is 0 Å². The second-order valence-corrected chi connectivity index (χ2v) is 8.49. The van der Waals surface area contributed by atoms with Crippen LogP contribution in [0.5, 0.6) is 11.5 Å². The Labute approximate surface area is 195 Å². The molecule has 172 valence electrons. The molecular weight excluding hydrogens is 416 g/mol. The SMILES string of the molecule is CCc1ccc(NC(=O)C2(c3ccc4c(c3)OCO4)CC2)cc1-c1ccc(C(=O)NC)cc1.[HH].[HH]. The molecule has 0 unspecified atom stereocenters. The average Bonchev–Trinajstić information content (AvgIpc) is 3.54. The summed E-state index contributed by atoms with van der Waals surface area (Å²) in [5.74, 6) is 1.29. The van der Waals surface area contributed by atoms with Crippen LogP contribution in [0.25, 0.3) is 11.1 Å². The first kappa shape index (κ1) is 21.1. The van der Waals surface area contributed by atoms with E-state index in [4.69, 9.17) is 9.47 Å². The first-order valence-electron chi connectivity index (χ1n) is 11.2. The average molecular weight is 447 g/mol. The van der Waals surface area contributed by atoms with Gasteiger partial charge in [-0.1, -0.05) is 31.2 Å². The molecule has 1 saturated carbocycles. The summed E-state index contributed by atoms with van der Waals surface area (Å²) in [4.78, 5) is 25.2. The van der Waals surface area contributed by atoms with Gasteiger partial charge in [0, 0.05) is 21.2 Å². The van der Waals surface area contributed by atoms with E-state index >= 15 is 0 Å². The zero-order valence-corrected chi connectivity index (χ0v) is 18.7. The van der Waals surface area contributed by atoms with Crippen LogP contribution < -0.4 is 20.1 Å². The number of nitrogens with one attached hydrogen (secondary N) is 2. The Morgan fingerprint density at radius 1 is 0.970 bits per heavy atom. The van der Waals surface area contributed by atoms with Crippen molar-refractivity contribution in [3.8, 4) is 22.6 Å². The molecule has 0 atom stereocenters. The summed E-state index contributed by atoms with van der Waals surface area (Å²) in [6, 6.07) is 19.3. The fourth-order valence-corrected chi connectivity index (χ4v) is 4.39. The largest absolute Gasteiger partial charge is 0.454 e. The molecular formula is C27H30N2O4. The highest BCUT2D eigenvalue weighted by Gasteiger charge is 2.51.